The van der Waals surface area contributed by atoms with E-state index >= 15 is 0 Å². The van der Waals surface area contributed by atoms with Gasteiger partial charge in [-0.15, -0.1) is 10.2 Å². The minimum atomic E-state index is 0.0706. The molecule has 1 amide bonds. The second-order valence-electron chi connectivity index (χ2n) is 7.55. The van der Waals surface area contributed by atoms with Gasteiger partial charge in [-0.3, -0.25) is 9.36 Å². The summed E-state index contributed by atoms with van der Waals surface area (Å²) in [6.07, 6.45) is 0. The lowest BCUT2D eigenvalue weighted by atomic mass is 10.2. The molecule has 0 bridgehead atoms. The number of benzene rings is 2. The van der Waals surface area contributed by atoms with E-state index in [1.165, 1.54) is 11.8 Å². The Morgan fingerprint density at radius 2 is 1.84 bits per heavy atom. The summed E-state index contributed by atoms with van der Waals surface area (Å²) < 4.78 is 7.56. The highest BCUT2D eigenvalue weighted by molar-refractivity contribution is 7.99. The van der Waals surface area contributed by atoms with Gasteiger partial charge in [-0.1, -0.05) is 53.7 Å². The number of carbonyl (C=O) groups excluding carboxylic acids is 1. The minimum Gasteiger partial charge on any atom is -0.380 e. The first-order chi connectivity index (χ1) is 15.5. The van der Waals surface area contributed by atoms with Crippen LogP contribution in [0.15, 0.2) is 59.8 Å². The maximum atomic E-state index is 13.1. The van der Waals surface area contributed by atoms with Crippen LogP contribution in [0.4, 0.5) is 0 Å². The Morgan fingerprint density at radius 1 is 1.12 bits per heavy atom. The van der Waals surface area contributed by atoms with Gasteiger partial charge in [0.2, 0.25) is 5.91 Å². The number of carbonyl (C=O) groups is 1. The van der Waals surface area contributed by atoms with Crippen LogP contribution in [0, 0.1) is 0 Å². The Hall–Kier alpha value is -2.35. The SMILES string of the molecule is CCOCCn1c(SCC(=O)N(Cc2ccccc2)C(C)C)nnc1-c1ccc(Cl)cc1. The Labute approximate surface area is 198 Å². The summed E-state index contributed by atoms with van der Waals surface area (Å²) in [4.78, 5) is 14.9. The zero-order valence-corrected chi connectivity index (χ0v) is 20.3. The van der Waals surface area contributed by atoms with Crippen LogP contribution in [0.1, 0.15) is 26.3 Å². The van der Waals surface area contributed by atoms with Crippen molar-refractivity contribution in [1.29, 1.82) is 0 Å². The molecule has 1 aromatic heterocycles. The summed E-state index contributed by atoms with van der Waals surface area (Å²) in [5, 5.41) is 10.1. The molecule has 0 saturated carbocycles. The fraction of sp³-hybridized carbons (Fsp3) is 0.375. The largest absolute Gasteiger partial charge is 0.380 e. The minimum absolute atomic E-state index is 0.0706. The first kappa shape index (κ1) is 24.3. The molecule has 0 aliphatic rings. The van der Waals surface area contributed by atoms with Crippen LogP contribution in [0.5, 0.6) is 0 Å². The summed E-state index contributed by atoms with van der Waals surface area (Å²) in [5.74, 6) is 1.10. The molecule has 0 aliphatic heterocycles. The molecule has 6 nitrogen and oxygen atoms in total. The highest BCUT2D eigenvalue weighted by Crippen LogP contribution is 2.26. The van der Waals surface area contributed by atoms with Gasteiger partial charge in [0.05, 0.1) is 18.9 Å². The first-order valence-corrected chi connectivity index (χ1v) is 12.1. The number of rotatable bonds is 11. The fourth-order valence-corrected chi connectivity index (χ4v) is 4.23. The molecule has 1 heterocycles. The number of hydrogen-bond donors (Lipinski definition) is 0. The summed E-state index contributed by atoms with van der Waals surface area (Å²) >= 11 is 7.44. The number of thioether (sulfide) groups is 1. The van der Waals surface area contributed by atoms with Crippen molar-refractivity contribution in [3.8, 4) is 11.4 Å². The lowest BCUT2D eigenvalue weighted by Gasteiger charge is -2.27. The summed E-state index contributed by atoms with van der Waals surface area (Å²) in [6, 6.07) is 17.7. The molecule has 0 aliphatic carbocycles. The van der Waals surface area contributed by atoms with Gasteiger partial charge in [0.15, 0.2) is 11.0 Å². The van der Waals surface area contributed by atoms with Crippen molar-refractivity contribution in [2.75, 3.05) is 19.0 Å². The molecule has 32 heavy (non-hydrogen) atoms. The molecule has 170 valence electrons. The molecule has 0 N–H and O–H groups in total. The van der Waals surface area contributed by atoms with Gasteiger partial charge in [-0.2, -0.15) is 0 Å². The summed E-state index contributed by atoms with van der Waals surface area (Å²) in [5.41, 5.74) is 2.04. The highest BCUT2D eigenvalue weighted by atomic mass is 35.5. The van der Waals surface area contributed by atoms with Gasteiger partial charge >= 0.3 is 0 Å². The molecule has 0 saturated heterocycles. The van der Waals surface area contributed by atoms with E-state index in [9.17, 15) is 4.79 Å². The Morgan fingerprint density at radius 3 is 2.50 bits per heavy atom. The van der Waals surface area contributed by atoms with Gasteiger partial charge in [0.1, 0.15) is 0 Å². The van der Waals surface area contributed by atoms with E-state index in [2.05, 4.69) is 10.2 Å². The molecular weight excluding hydrogens is 444 g/mol. The van der Waals surface area contributed by atoms with E-state index in [1.54, 1.807) is 0 Å². The number of aromatic nitrogens is 3. The second kappa shape index (κ2) is 12.0. The normalized spacial score (nSPS) is 11.2. The zero-order valence-electron chi connectivity index (χ0n) is 18.7. The molecule has 0 spiro atoms. The van der Waals surface area contributed by atoms with Gasteiger partial charge in [-0.25, -0.2) is 0 Å². The van der Waals surface area contributed by atoms with Gasteiger partial charge in [0, 0.05) is 29.8 Å². The van der Waals surface area contributed by atoms with Crippen LogP contribution >= 0.6 is 23.4 Å². The predicted molar refractivity (Wildman–Crippen MR) is 130 cm³/mol. The van der Waals surface area contributed by atoms with Crippen LogP contribution in [0.2, 0.25) is 5.02 Å². The van der Waals surface area contributed by atoms with Crippen molar-refractivity contribution in [2.24, 2.45) is 0 Å². The molecule has 0 radical (unpaired) electrons. The van der Waals surface area contributed by atoms with Crippen LogP contribution in [0.25, 0.3) is 11.4 Å². The maximum absolute atomic E-state index is 13.1. The third kappa shape index (κ3) is 6.58. The molecule has 0 fully saturated rings. The highest BCUT2D eigenvalue weighted by Gasteiger charge is 2.20. The number of ether oxygens (including phenoxy) is 1. The van der Waals surface area contributed by atoms with Crippen LogP contribution in [-0.4, -0.2) is 50.6 Å². The Balaban J connectivity index is 1.74. The number of halogens is 1. The van der Waals surface area contributed by atoms with Crippen LogP contribution < -0.4 is 0 Å². The number of hydrogen-bond acceptors (Lipinski definition) is 5. The zero-order chi connectivity index (χ0) is 22.9. The van der Waals surface area contributed by atoms with Crippen molar-refractivity contribution in [2.45, 2.75) is 45.1 Å². The van der Waals surface area contributed by atoms with Gasteiger partial charge in [0.25, 0.3) is 0 Å². The third-order valence-corrected chi connectivity index (χ3v) is 6.15. The van der Waals surface area contributed by atoms with E-state index in [-0.39, 0.29) is 11.9 Å². The molecular formula is C24H29ClN4O2S. The van der Waals surface area contributed by atoms with Crippen molar-refractivity contribution in [1.82, 2.24) is 19.7 Å². The number of nitrogens with zero attached hydrogens (tertiary/aromatic N) is 4. The van der Waals surface area contributed by atoms with Crippen LogP contribution in [0.3, 0.4) is 0 Å². The van der Waals surface area contributed by atoms with E-state index in [1.807, 2.05) is 84.8 Å². The monoisotopic (exact) mass is 472 g/mol. The smallest absolute Gasteiger partial charge is 0.233 e. The maximum Gasteiger partial charge on any atom is 0.233 e. The average Bonchev–Trinajstić information content (AvgIpc) is 3.19. The molecule has 3 aromatic rings. The predicted octanol–water partition coefficient (Wildman–Crippen LogP) is 5.16. The lowest BCUT2D eigenvalue weighted by molar-refractivity contribution is -0.130. The standard InChI is InChI=1S/C24H29ClN4O2S/c1-4-31-15-14-28-23(20-10-12-21(25)13-11-20)26-27-24(28)32-17-22(30)29(18(2)3)16-19-8-6-5-7-9-19/h5-13,18H,4,14-17H2,1-3H3. The van der Waals surface area contributed by atoms with Crippen molar-refractivity contribution in [3.05, 3.63) is 65.2 Å². The van der Waals surface area contributed by atoms with Crippen LogP contribution in [-0.2, 0) is 22.6 Å². The molecule has 3 rings (SSSR count). The Kier molecular flexibility index (Phi) is 9.14. The molecule has 0 atom stereocenters. The lowest BCUT2D eigenvalue weighted by Crippen LogP contribution is -2.37. The number of amides is 1. The summed E-state index contributed by atoms with van der Waals surface area (Å²) in [7, 11) is 0. The van der Waals surface area contributed by atoms with E-state index in [4.69, 9.17) is 16.3 Å². The molecule has 8 heteroatoms. The van der Waals surface area contributed by atoms with E-state index in [0.29, 0.717) is 42.2 Å². The summed E-state index contributed by atoms with van der Waals surface area (Å²) in [6.45, 7) is 8.42. The quantitative estimate of drug-likeness (QED) is 0.285. The Bertz CT molecular complexity index is 993. The molecule has 2 aromatic carbocycles. The first-order valence-electron chi connectivity index (χ1n) is 10.7. The second-order valence-corrected chi connectivity index (χ2v) is 8.93. The van der Waals surface area contributed by atoms with E-state index in [0.717, 1.165) is 17.0 Å². The van der Waals surface area contributed by atoms with E-state index < -0.39 is 0 Å². The van der Waals surface area contributed by atoms with Crippen molar-refractivity contribution in [3.63, 3.8) is 0 Å². The van der Waals surface area contributed by atoms with Gasteiger partial charge < -0.3 is 9.64 Å². The average molecular weight is 473 g/mol. The molecule has 0 unspecified atom stereocenters. The van der Waals surface area contributed by atoms with Gasteiger partial charge in [-0.05, 0) is 50.6 Å². The van der Waals surface area contributed by atoms with Crippen molar-refractivity contribution < 1.29 is 9.53 Å². The van der Waals surface area contributed by atoms with Crippen molar-refractivity contribution >= 4 is 29.3 Å². The third-order valence-electron chi connectivity index (χ3n) is 4.95. The topological polar surface area (TPSA) is 60.2 Å². The fourth-order valence-electron chi connectivity index (χ4n) is 3.26.